The minimum Gasteiger partial charge on any atom is -0.495 e. The molecule has 0 aliphatic carbocycles. The second-order valence-corrected chi connectivity index (χ2v) is 5.82. The number of ether oxygens (including phenoxy) is 2. The first-order valence-corrected chi connectivity index (χ1v) is 8.19. The van der Waals surface area contributed by atoms with Crippen molar-refractivity contribution in [3.05, 3.63) is 53.2 Å². The molecule has 0 spiro atoms. The Morgan fingerprint density at radius 1 is 0.962 bits per heavy atom. The topological polar surface area (TPSA) is 81.2 Å². The van der Waals surface area contributed by atoms with Gasteiger partial charge in [0.05, 0.1) is 31.8 Å². The molecule has 3 rings (SSSR count). The number of nitrogens with one attached hydrogen (secondary N) is 2. The molecule has 0 amide bonds. The van der Waals surface area contributed by atoms with Crippen molar-refractivity contribution in [2.45, 2.75) is 6.92 Å². The zero-order valence-electron chi connectivity index (χ0n) is 14.6. The fraction of sp³-hybridized carbons (Fsp3) is 0.167. The second-order valence-electron chi connectivity index (χ2n) is 5.42. The number of hydrogen-bond donors (Lipinski definition) is 2. The van der Waals surface area contributed by atoms with Crippen LogP contribution in [0.2, 0.25) is 5.02 Å². The van der Waals surface area contributed by atoms with Crippen LogP contribution in [0, 0.1) is 6.92 Å². The Morgan fingerprint density at radius 3 is 2.50 bits per heavy atom. The maximum atomic E-state index is 6.14. The molecule has 0 fully saturated rings. The van der Waals surface area contributed by atoms with Crippen molar-refractivity contribution in [1.29, 1.82) is 0 Å². The van der Waals surface area contributed by atoms with Crippen LogP contribution < -0.4 is 20.1 Å². The molecular weight excluding hydrogens is 354 g/mol. The van der Waals surface area contributed by atoms with E-state index in [1.807, 2.05) is 37.3 Å². The number of halogens is 1. The van der Waals surface area contributed by atoms with E-state index in [1.165, 1.54) is 6.20 Å². The molecule has 2 N–H and O–H groups in total. The van der Waals surface area contributed by atoms with Gasteiger partial charge in [0.15, 0.2) is 5.82 Å². The number of methoxy groups -OCH3 is 2. The Labute approximate surface area is 156 Å². The van der Waals surface area contributed by atoms with Gasteiger partial charge in [0, 0.05) is 11.1 Å². The van der Waals surface area contributed by atoms with Crippen LogP contribution in [0.15, 0.2) is 42.6 Å². The minimum atomic E-state index is 0.324. The van der Waals surface area contributed by atoms with E-state index in [4.69, 9.17) is 21.1 Å². The number of aromatic nitrogens is 3. The molecule has 0 radical (unpaired) electrons. The zero-order valence-corrected chi connectivity index (χ0v) is 15.3. The molecule has 0 saturated carbocycles. The van der Waals surface area contributed by atoms with E-state index < -0.39 is 0 Å². The van der Waals surface area contributed by atoms with Gasteiger partial charge in [0.25, 0.3) is 0 Å². The van der Waals surface area contributed by atoms with Crippen LogP contribution in [-0.4, -0.2) is 29.4 Å². The smallest absolute Gasteiger partial charge is 0.249 e. The molecule has 0 aliphatic heterocycles. The van der Waals surface area contributed by atoms with E-state index in [0.29, 0.717) is 34.0 Å². The third-order valence-corrected chi connectivity index (χ3v) is 4.06. The van der Waals surface area contributed by atoms with E-state index in [9.17, 15) is 0 Å². The summed E-state index contributed by atoms with van der Waals surface area (Å²) in [5.74, 6) is 2.14. The molecule has 0 unspecified atom stereocenters. The second kappa shape index (κ2) is 7.88. The van der Waals surface area contributed by atoms with E-state index in [2.05, 4.69) is 25.8 Å². The highest BCUT2D eigenvalue weighted by Crippen LogP contribution is 2.32. The number of aryl methyl sites for hydroxylation is 1. The highest BCUT2D eigenvalue weighted by molar-refractivity contribution is 6.31. The number of anilines is 4. The number of para-hydroxylation sites is 2. The maximum absolute atomic E-state index is 6.14. The summed E-state index contributed by atoms with van der Waals surface area (Å²) < 4.78 is 10.7. The van der Waals surface area contributed by atoms with Crippen molar-refractivity contribution in [2.75, 3.05) is 24.9 Å². The first kappa shape index (κ1) is 17.8. The molecule has 3 aromatic rings. The van der Waals surface area contributed by atoms with E-state index >= 15 is 0 Å². The quantitative estimate of drug-likeness (QED) is 0.667. The van der Waals surface area contributed by atoms with Crippen LogP contribution in [-0.2, 0) is 0 Å². The van der Waals surface area contributed by atoms with E-state index in [1.54, 1.807) is 20.3 Å². The molecule has 0 atom stereocenters. The first-order chi connectivity index (χ1) is 12.6. The molecule has 26 heavy (non-hydrogen) atoms. The number of hydrogen-bond acceptors (Lipinski definition) is 7. The van der Waals surface area contributed by atoms with Crippen molar-refractivity contribution in [2.24, 2.45) is 0 Å². The number of rotatable bonds is 6. The lowest BCUT2D eigenvalue weighted by Gasteiger charge is -2.13. The van der Waals surface area contributed by atoms with Gasteiger partial charge in [-0.2, -0.15) is 10.1 Å². The summed E-state index contributed by atoms with van der Waals surface area (Å²) in [6, 6.07) is 11.1. The Morgan fingerprint density at radius 2 is 1.73 bits per heavy atom. The molecule has 1 heterocycles. The molecule has 0 bridgehead atoms. The Bertz CT molecular complexity index is 920. The Balaban J connectivity index is 1.85. The van der Waals surface area contributed by atoms with E-state index in [-0.39, 0.29) is 0 Å². The fourth-order valence-corrected chi connectivity index (χ4v) is 2.51. The molecule has 7 nitrogen and oxygen atoms in total. The molecule has 0 saturated heterocycles. The first-order valence-electron chi connectivity index (χ1n) is 7.81. The SMILES string of the molecule is COc1ccccc1Nc1cnnc(Nc2cc(C)c(Cl)cc2OC)n1. The summed E-state index contributed by atoms with van der Waals surface area (Å²) in [4.78, 5) is 4.43. The van der Waals surface area contributed by atoms with Crippen LogP contribution in [0.5, 0.6) is 11.5 Å². The van der Waals surface area contributed by atoms with Crippen molar-refractivity contribution < 1.29 is 9.47 Å². The summed E-state index contributed by atoms with van der Waals surface area (Å²) in [6.07, 6.45) is 1.53. The van der Waals surface area contributed by atoms with Crippen molar-refractivity contribution >= 4 is 34.7 Å². The lowest BCUT2D eigenvalue weighted by molar-refractivity contribution is 0.416. The summed E-state index contributed by atoms with van der Waals surface area (Å²) in [7, 11) is 3.19. The van der Waals surface area contributed by atoms with Gasteiger partial charge in [-0.3, -0.25) is 0 Å². The predicted octanol–water partition coefficient (Wildman–Crippen LogP) is 4.34. The Hall–Kier alpha value is -3.06. The van der Waals surface area contributed by atoms with Crippen LogP contribution in [0.4, 0.5) is 23.1 Å². The third-order valence-electron chi connectivity index (χ3n) is 3.66. The van der Waals surface area contributed by atoms with E-state index in [0.717, 1.165) is 11.3 Å². The van der Waals surface area contributed by atoms with Gasteiger partial charge in [-0.25, -0.2) is 0 Å². The average molecular weight is 372 g/mol. The van der Waals surface area contributed by atoms with Crippen LogP contribution in [0.3, 0.4) is 0 Å². The molecular formula is C18H18ClN5O2. The van der Waals surface area contributed by atoms with Gasteiger partial charge >= 0.3 is 0 Å². The van der Waals surface area contributed by atoms with Crippen molar-refractivity contribution in [1.82, 2.24) is 15.2 Å². The zero-order chi connectivity index (χ0) is 18.5. The van der Waals surface area contributed by atoms with Gasteiger partial charge < -0.3 is 20.1 Å². The van der Waals surface area contributed by atoms with Gasteiger partial charge in [-0.05, 0) is 30.7 Å². The van der Waals surface area contributed by atoms with Gasteiger partial charge in [-0.1, -0.05) is 23.7 Å². The summed E-state index contributed by atoms with van der Waals surface area (Å²) in [6.45, 7) is 1.91. The molecule has 0 aliphatic rings. The van der Waals surface area contributed by atoms with Crippen LogP contribution in [0.1, 0.15) is 5.56 Å². The van der Waals surface area contributed by atoms with Gasteiger partial charge in [-0.15, -0.1) is 5.10 Å². The van der Waals surface area contributed by atoms with Crippen LogP contribution >= 0.6 is 11.6 Å². The normalized spacial score (nSPS) is 10.3. The van der Waals surface area contributed by atoms with Crippen LogP contribution in [0.25, 0.3) is 0 Å². The third kappa shape index (κ3) is 3.94. The monoisotopic (exact) mass is 371 g/mol. The van der Waals surface area contributed by atoms with Gasteiger partial charge in [0.2, 0.25) is 5.95 Å². The lowest BCUT2D eigenvalue weighted by Crippen LogP contribution is -2.04. The minimum absolute atomic E-state index is 0.324. The highest BCUT2D eigenvalue weighted by atomic mass is 35.5. The largest absolute Gasteiger partial charge is 0.495 e. The number of benzene rings is 2. The van der Waals surface area contributed by atoms with Crippen molar-refractivity contribution in [3.63, 3.8) is 0 Å². The lowest BCUT2D eigenvalue weighted by atomic mass is 10.2. The Kier molecular flexibility index (Phi) is 5.38. The molecule has 8 heteroatoms. The number of nitrogens with zero attached hydrogens (tertiary/aromatic N) is 3. The summed E-state index contributed by atoms with van der Waals surface area (Å²) in [5, 5.41) is 14.9. The average Bonchev–Trinajstić information content (AvgIpc) is 2.65. The van der Waals surface area contributed by atoms with Gasteiger partial charge in [0.1, 0.15) is 11.5 Å². The highest BCUT2D eigenvalue weighted by Gasteiger charge is 2.10. The standard InChI is InChI=1S/C18H18ClN5O2/c1-11-8-14(16(26-3)9-12(11)19)22-18-23-17(10-20-24-18)21-13-6-4-5-7-15(13)25-2/h4-10H,1-3H3,(H2,21,22,23,24). The fourth-order valence-electron chi connectivity index (χ4n) is 2.35. The maximum Gasteiger partial charge on any atom is 0.249 e. The molecule has 2 aromatic carbocycles. The summed E-state index contributed by atoms with van der Waals surface area (Å²) in [5.41, 5.74) is 2.39. The summed E-state index contributed by atoms with van der Waals surface area (Å²) >= 11 is 6.14. The predicted molar refractivity (Wildman–Crippen MR) is 102 cm³/mol. The molecule has 1 aromatic heterocycles. The molecule has 134 valence electrons. The van der Waals surface area contributed by atoms with Crippen molar-refractivity contribution in [3.8, 4) is 11.5 Å².